The van der Waals surface area contributed by atoms with E-state index in [1.165, 1.54) is 175 Å². The van der Waals surface area contributed by atoms with E-state index in [1.54, 1.807) is 11.1 Å². The fraction of sp³-hybridized carbons (Fsp3) is 0.520. The molecule has 0 saturated heterocycles. The summed E-state index contributed by atoms with van der Waals surface area (Å²) >= 11 is 0. The molecule has 4 aromatic carbocycles. The van der Waals surface area contributed by atoms with Gasteiger partial charge in [0, 0.05) is 11.4 Å². The molecule has 4 rings (SSSR count). The van der Waals surface area contributed by atoms with Crippen LogP contribution in [-0.2, 0) is 38.5 Å². The number of nitrogens with two attached hydrogens (primary N) is 2. The van der Waals surface area contributed by atoms with E-state index in [0.29, 0.717) is 0 Å². The molecule has 4 aromatic rings. The third-order valence-corrected chi connectivity index (χ3v) is 11.1. The molecular weight excluding hydrogens is 629 g/mol. The number of rotatable bonds is 27. The fourth-order valence-corrected chi connectivity index (χ4v) is 7.75. The molecule has 52 heavy (non-hydrogen) atoms. The number of anilines is 2. The van der Waals surface area contributed by atoms with Gasteiger partial charge >= 0.3 is 0 Å². The van der Waals surface area contributed by atoms with Crippen LogP contribution in [0.2, 0.25) is 0 Å². The van der Waals surface area contributed by atoms with Gasteiger partial charge in [0.15, 0.2) is 0 Å². The van der Waals surface area contributed by atoms with Crippen LogP contribution in [-0.4, -0.2) is 0 Å². The Balaban J connectivity index is 1.09. The minimum Gasteiger partial charge on any atom is -0.399 e. The standard InChI is InChI=1S/C50H72N2/c1-3-5-7-19-23-45-37-41(25-31-47(45)39-43-27-33-49(51)34-28-43)21-17-15-13-11-9-10-12-14-16-18-22-42-26-32-48(40-44-29-35-50(52)36-30-44)46(38-42)24-20-8-6-4-2/h25-38H,3-24,39-40,51-52H2,1-2H3. The summed E-state index contributed by atoms with van der Waals surface area (Å²) in [5.74, 6) is 0. The molecule has 0 amide bonds. The van der Waals surface area contributed by atoms with Gasteiger partial charge in [-0.25, -0.2) is 0 Å². The summed E-state index contributed by atoms with van der Waals surface area (Å²) in [6.45, 7) is 4.59. The molecule has 0 saturated carbocycles. The Morgan fingerprint density at radius 3 is 0.981 bits per heavy atom. The smallest absolute Gasteiger partial charge is 0.0314 e. The van der Waals surface area contributed by atoms with E-state index in [1.807, 2.05) is 24.3 Å². The zero-order valence-electron chi connectivity index (χ0n) is 33.2. The normalized spacial score (nSPS) is 11.3. The molecule has 0 bridgehead atoms. The number of hydrogen-bond acceptors (Lipinski definition) is 2. The highest BCUT2D eigenvalue weighted by Gasteiger charge is 2.09. The second-order valence-electron chi connectivity index (χ2n) is 15.7. The maximum atomic E-state index is 5.93. The third-order valence-electron chi connectivity index (χ3n) is 11.1. The van der Waals surface area contributed by atoms with E-state index in [0.717, 1.165) is 24.2 Å². The summed E-state index contributed by atoms with van der Waals surface area (Å²) < 4.78 is 0. The predicted molar refractivity (Wildman–Crippen MR) is 229 cm³/mol. The summed E-state index contributed by atoms with van der Waals surface area (Å²) in [6.07, 6.45) is 31.1. The topological polar surface area (TPSA) is 52.0 Å². The SMILES string of the molecule is CCCCCCc1cc(CCCCCCCCCCCCc2ccc(Cc3ccc(N)cc3)c(CCCCCC)c2)ccc1Cc1ccc(N)cc1. The molecule has 0 unspecified atom stereocenters. The molecule has 0 heterocycles. The van der Waals surface area contributed by atoms with Crippen molar-refractivity contribution in [1.82, 2.24) is 0 Å². The van der Waals surface area contributed by atoms with Crippen LogP contribution >= 0.6 is 0 Å². The molecule has 0 aliphatic carbocycles. The Hall–Kier alpha value is -3.52. The lowest BCUT2D eigenvalue weighted by Crippen LogP contribution is -1.99. The molecule has 0 spiro atoms. The van der Waals surface area contributed by atoms with Crippen molar-refractivity contribution in [3.05, 3.63) is 129 Å². The largest absolute Gasteiger partial charge is 0.399 e. The molecule has 4 N–H and O–H groups in total. The third kappa shape index (κ3) is 16.0. The summed E-state index contributed by atoms with van der Waals surface area (Å²) in [7, 11) is 0. The Morgan fingerprint density at radius 1 is 0.308 bits per heavy atom. The Kier molecular flexibility index (Phi) is 19.6. The van der Waals surface area contributed by atoms with Crippen molar-refractivity contribution >= 4 is 11.4 Å². The highest BCUT2D eigenvalue weighted by molar-refractivity contribution is 5.43. The molecule has 2 nitrogen and oxygen atoms in total. The minimum atomic E-state index is 0.844. The lowest BCUT2D eigenvalue weighted by molar-refractivity contribution is 0.551. The zero-order valence-corrected chi connectivity index (χ0v) is 33.2. The van der Waals surface area contributed by atoms with Crippen LogP contribution in [0.3, 0.4) is 0 Å². The molecule has 282 valence electrons. The summed E-state index contributed by atoms with van der Waals surface area (Å²) in [4.78, 5) is 0. The Bertz CT molecular complexity index is 1400. The van der Waals surface area contributed by atoms with E-state index < -0.39 is 0 Å². The summed E-state index contributed by atoms with van der Waals surface area (Å²) in [5.41, 5.74) is 25.4. The van der Waals surface area contributed by atoms with Gasteiger partial charge in [0.05, 0.1) is 0 Å². The van der Waals surface area contributed by atoms with Crippen LogP contribution in [0, 0.1) is 0 Å². The van der Waals surface area contributed by atoms with Gasteiger partial charge < -0.3 is 11.5 Å². The van der Waals surface area contributed by atoms with Gasteiger partial charge in [0.1, 0.15) is 0 Å². The second kappa shape index (κ2) is 24.7. The van der Waals surface area contributed by atoms with Crippen LogP contribution in [0.25, 0.3) is 0 Å². The van der Waals surface area contributed by atoms with Crippen molar-refractivity contribution in [2.24, 2.45) is 0 Å². The average molecular weight is 701 g/mol. The fourth-order valence-electron chi connectivity index (χ4n) is 7.75. The van der Waals surface area contributed by atoms with Gasteiger partial charge in [-0.15, -0.1) is 0 Å². The van der Waals surface area contributed by atoms with Crippen molar-refractivity contribution in [3.8, 4) is 0 Å². The lowest BCUT2D eigenvalue weighted by Gasteiger charge is -2.13. The average Bonchev–Trinajstić information content (AvgIpc) is 3.15. The molecule has 0 aliphatic rings. The molecular formula is C50H72N2. The van der Waals surface area contributed by atoms with Crippen LogP contribution < -0.4 is 11.5 Å². The van der Waals surface area contributed by atoms with Crippen molar-refractivity contribution < 1.29 is 0 Å². The maximum absolute atomic E-state index is 5.93. The maximum Gasteiger partial charge on any atom is 0.0314 e. The van der Waals surface area contributed by atoms with Crippen LogP contribution in [0.4, 0.5) is 11.4 Å². The molecule has 0 fully saturated rings. The van der Waals surface area contributed by atoms with Crippen molar-refractivity contribution in [1.29, 1.82) is 0 Å². The molecule has 2 heteroatoms. The first kappa shape index (κ1) is 41.2. The predicted octanol–water partition coefficient (Wildman–Crippen LogP) is 14.0. The van der Waals surface area contributed by atoms with Crippen molar-refractivity contribution in [2.75, 3.05) is 11.5 Å². The van der Waals surface area contributed by atoms with Gasteiger partial charge in [0.25, 0.3) is 0 Å². The minimum absolute atomic E-state index is 0.844. The van der Waals surface area contributed by atoms with Crippen LogP contribution in [0.15, 0.2) is 84.9 Å². The molecule has 0 radical (unpaired) electrons. The van der Waals surface area contributed by atoms with Gasteiger partial charge in [-0.1, -0.05) is 164 Å². The quantitative estimate of drug-likeness (QED) is 0.0480. The number of nitrogen functional groups attached to an aromatic ring is 2. The monoisotopic (exact) mass is 701 g/mol. The number of unbranched alkanes of at least 4 members (excludes halogenated alkanes) is 15. The number of aryl methyl sites for hydroxylation is 4. The van der Waals surface area contributed by atoms with E-state index in [4.69, 9.17) is 11.5 Å². The molecule has 0 aromatic heterocycles. The highest BCUT2D eigenvalue weighted by Crippen LogP contribution is 2.24. The first-order chi connectivity index (χ1) is 25.5. The molecule has 0 atom stereocenters. The number of hydrogen-bond donors (Lipinski definition) is 2. The van der Waals surface area contributed by atoms with E-state index in [9.17, 15) is 0 Å². The Morgan fingerprint density at radius 2 is 0.615 bits per heavy atom. The second-order valence-corrected chi connectivity index (χ2v) is 15.7. The van der Waals surface area contributed by atoms with Crippen molar-refractivity contribution in [2.45, 2.75) is 168 Å². The van der Waals surface area contributed by atoms with Crippen LogP contribution in [0.1, 0.15) is 174 Å². The highest BCUT2D eigenvalue weighted by atomic mass is 14.5. The zero-order chi connectivity index (χ0) is 36.6. The van der Waals surface area contributed by atoms with E-state index in [-0.39, 0.29) is 0 Å². The van der Waals surface area contributed by atoms with E-state index >= 15 is 0 Å². The first-order valence-corrected chi connectivity index (χ1v) is 21.4. The van der Waals surface area contributed by atoms with Gasteiger partial charge in [-0.2, -0.15) is 0 Å². The lowest BCUT2D eigenvalue weighted by atomic mass is 9.92. The van der Waals surface area contributed by atoms with Crippen LogP contribution in [0.5, 0.6) is 0 Å². The molecule has 0 aliphatic heterocycles. The number of benzene rings is 4. The Labute approximate surface area is 319 Å². The van der Waals surface area contributed by atoms with E-state index in [2.05, 4.69) is 74.5 Å². The van der Waals surface area contributed by atoms with Gasteiger partial charge in [0.2, 0.25) is 0 Å². The van der Waals surface area contributed by atoms with Crippen molar-refractivity contribution in [3.63, 3.8) is 0 Å². The van der Waals surface area contributed by atoms with Gasteiger partial charge in [-0.05, 0) is 133 Å². The first-order valence-electron chi connectivity index (χ1n) is 21.4. The van der Waals surface area contributed by atoms with Gasteiger partial charge in [-0.3, -0.25) is 0 Å². The summed E-state index contributed by atoms with van der Waals surface area (Å²) in [5, 5.41) is 0. The summed E-state index contributed by atoms with van der Waals surface area (Å²) in [6, 6.07) is 31.5.